The minimum Gasteiger partial charge on any atom is -0.322 e. The van der Waals surface area contributed by atoms with Crippen LogP contribution in [0.25, 0.3) is 0 Å². The lowest BCUT2D eigenvalue weighted by molar-refractivity contribution is 0.101. The molecule has 2 aromatic carbocycles. The second-order valence-electron chi connectivity index (χ2n) is 4.54. The van der Waals surface area contributed by atoms with Crippen LogP contribution < -0.4 is 5.32 Å². The van der Waals surface area contributed by atoms with Crippen LogP contribution in [0.3, 0.4) is 0 Å². The Morgan fingerprint density at radius 1 is 1.19 bits per heavy atom. The number of amides is 1. The third-order valence-electron chi connectivity index (χ3n) is 3.01. The topological polar surface area (TPSA) is 52.9 Å². The Morgan fingerprint density at radius 3 is 2.48 bits per heavy atom. The first kappa shape index (κ1) is 14.7. The van der Waals surface area contributed by atoms with Crippen LogP contribution in [0.1, 0.15) is 21.5 Å². The van der Waals surface area contributed by atoms with Gasteiger partial charge in [-0.1, -0.05) is 18.2 Å². The van der Waals surface area contributed by atoms with Crippen molar-refractivity contribution in [2.45, 2.75) is 13.3 Å². The first-order valence-corrected chi connectivity index (χ1v) is 6.24. The standard InChI is InChI=1S/C16H12F2N2O/c1-10-2-7-13(17)14(15(10)18)16(21)20-12-5-3-11(4-6-12)8-9-19/h2-7H,8H2,1H3,(H,20,21). The van der Waals surface area contributed by atoms with Gasteiger partial charge in [-0.3, -0.25) is 4.79 Å². The Hall–Kier alpha value is -2.74. The molecule has 0 unspecified atom stereocenters. The van der Waals surface area contributed by atoms with E-state index in [9.17, 15) is 13.6 Å². The van der Waals surface area contributed by atoms with Crippen LogP contribution in [0.15, 0.2) is 36.4 Å². The number of benzene rings is 2. The molecular formula is C16H12F2N2O. The van der Waals surface area contributed by atoms with Gasteiger partial charge in [0.05, 0.1) is 12.5 Å². The highest BCUT2D eigenvalue weighted by molar-refractivity contribution is 6.04. The lowest BCUT2D eigenvalue weighted by Crippen LogP contribution is -2.16. The van der Waals surface area contributed by atoms with Crippen LogP contribution in [-0.4, -0.2) is 5.91 Å². The van der Waals surface area contributed by atoms with Crippen molar-refractivity contribution in [2.75, 3.05) is 5.32 Å². The van der Waals surface area contributed by atoms with Crippen molar-refractivity contribution in [1.29, 1.82) is 5.26 Å². The molecule has 0 spiro atoms. The zero-order valence-electron chi connectivity index (χ0n) is 11.3. The molecule has 1 N–H and O–H groups in total. The predicted octanol–water partition coefficient (Wildman–Crippen LogP) is 3.59. The Balaban J connectivity index is 2.22. The summed E-state index contributed by atoms with van der Waals surface area (Å²) >= 11 is 0. The van der Waals surface area contributed by atoms with Gasteiger partial charge >= 0.3 is 0 Å². The number of hydrogen-bond donors (Lipinski definition) is 1. The van der Waals surface area contributed by atoms with Crippen molar-refractivity contribution < 1.29 is 13.6 Å². The zero-order chi connectivity index (χ0) is 15.4. The van der Waals surface area contributed by atoms with Crippen LogP contribution in [0.2, 0.25) is 0 Å². The van der Waals surface area contributed by atoms with Crippen molar-refractivity contribution >= 4 is 11.6 Å². The van der Waals surface area contributed by atoms with Gasteiger partial charge in [-0.2, -0.15) is 5.26 Å². The Morgan fingerprint density at radius 2 is 1.86 bits per heavy atom. The molecule has 106 valence electrons. The first-order chi connectivity index (χ1) is 10.0. The van der Waals surface area contributed by atoms with Crippen molar-refractivity contribution in [3.05, 3.63) is 64.7 Å². The number of carbonyl (C=O) groups is 1. The van der Waals surface area contributed by atoms with Crippen LogP contribution >= 0.6 is 0 Å². The van der Waals surface area contributed by atoms with E-state index in [4.69, 9.17) is 5.26 Å². The maximum Gasteiger partial charge on any atom is 0.261 e. The van der Waals surface area contributed by atoms with Gasteiger partial charge in [-0.15, -0.1) is 0 Å². The quantitative estimate of drug-likeness (QED) is 0.937. The van der Waals surface area contributed by atoms with E-state index in [0.717, 1.165) is 11.6 Å². The van der Waals surface area contributed by atoms with E-state index in [-0.39, 0.29) is 12.0 Å². The molecule has 0 bridgehead atoms. The highest BCUT2D eigenvalue weighted by Gasteiger charge is 2.19. The van der Waals surface area contributed by atoms with Gasteiger partial charge < -0.3 is 5.32 Å². The predicted molar refractivity (Wildman–Crippen MR) is 74.8 cm³/mol. The molecule has 0 aliphatic heterocycles. The van der Waals surface area contributed by atoms with E-state index in [1.165, 1.54) is 13.0 Å². The average molecular weight is 286 g/mol. The van der Waals surface area contributed by atoms with Gasteiger partial charge in [0.1, 0.15) is 17.2 Å². The Kier molecular flexibility index (Phi) is 4.29. The first-order valence-electron chi connectivity index (χ1n) is 6.24. The molecule has 0 saturated heterocycles. The van der Waals surface area contributed by atoms with E-state index in [1.54, 1.807) is 24.3 Å². The summed E-state index contributed by atoms with van der Waals surface area (Å²) in [6.07, 6.45) is 0.259. The largest absolute Gasteiger partial charge is 0.322 e. The summed E-state index contributed by atoms with van der Waals surface area (Å²) in [6, 6.07) is 10.8. The minimum atomic E-state index is -0.906. The molecule has 0 heterocycles. The van der Waals surface area contributed by atoms with Crippen LogP contribution in [0.4, 0.5) is 14.5 Å². The number of nitrogens with one attached hydrogen (secondary N) is 1. The molecule has 0 aliphatic carbocycles. The molecule has 0 atom stereocenters. The fraction of sp³-hybridized carbons (Fsp3) is 0.125. The molecule has 5 heteroatoms. The third kappa shape index (κ3) is 3.23. The molecule has 21 heavy (non-hydrogen) atoms. The van der Waals surface area contributed by atoms with Gasteiger partial charge in [-0.25, -0.2) is 8.78 Å². The Bertz CT molecular complexity index is 718. The van der Waals surface area contributed by atoms with Crippen molar-refractivity contribution in [1.82, 2.24) is 0 Å². The molecule has 0 aromatic heterocycles. The van der Waals surface area contributed by atoms with E-state index in [0.29, 0.717) is 5.69 Å². The van der Waals surface area contributed by atoms with Gasteiger partial charge in [0.15, 0.2) is 0 Å². The normalized spacial score (nSPS) is 10.0. The highest BCUT2D eigenvalue weighted by atomic mass is 19.1. The highest BCUT2D eigenvalue weighted by Crippen LogP contribution is 2.18. The summed E-state index contributed by atoms with van der Waals surface area (Å²) in [5, 5.41) is 11.0. The molecule has 0 saturated carbocycles. The number of hydrogen-bond acceptors (Lipinski definition) is 2. The fourth-order valence-corrected chi connectivity index (χ4v) is 1.86. The molecule has 3 nitrogen and oxygen atoms in total. The fourth-order valence-electron chi connectivity index (χ4n) is 1.86. The van der Waals surface area contributed by atoms with Crippen molar-refractivity contribution in [3.8, 4) is 6.07 Å². The molecule has 0 radical (unpaired) electrons. The summed E-state index contributed by atoms with van der Waals surface area (Å²) in [4.78, 5) is 12.0. The number of carbonyl (C=O) groups excluding carboxylic acids is 1. The van der Waals surface area contributed by atoms with Gasteiger partial charge in [0, 0.05) is 5.69 Å². The van der Waals surface area contributed by atoms with Gasteiger partial charge in [-0.05, 0) is 36.2 Å². The van der Waals surface area contributed by atoms with E-state index >= 15 is 0 Å². The number of nitriles is 1. The number of aryl methyl sites for hydroxylation is 1. The molecule has 2 rings (SSSR count). The number of anilines is 1. The lowest BCUT2D eigenvalue weighted by Gasteiger charge is -2.09. The summed E-state index contributed by atoms with van der Waals surface area (Å²) < 4.78 is 27.5. The Labute approximate surface area is 120 Å². The summed E-state index contributed by atoms with van der Waals surface area (Å²) in [6.45, 7) is 1.46. The molecular weight excluding hydrogens is 274 g/mol. The monoisotopic (exact) mass is 286 g/mol. The van der Waals surface area contributed by atoms with E-state index in [2.05, 4.69) is 5.32 Å². The number of rotatable bonds is 3. The van der Waals surface area contributed by atoms with Crippen LogP contribution in [0, 0.1) is 29.9 Å². The smallest absolute Gasteiger partial charge is 0.261 e. The SMILES string of the molecule is Cc1ccc(F)c(C(=O)Nc2ccc(CC#N)cc2)c1F. The summed E-state index contributed by atoms with van der Waals surface area (Å²) in [5.41, 5.74) is 0.799. The molecule has 2 aromatic rings. The van der Waals surface area contributed by atoms with Crippen LogP contribution in [-0.2, 0) is 6.42 Å². The maximum atomic E-state index is 13.8. The van der Waals surface area contributed by atoms with Gasteiger partial charge in [0.25, 0.3) is 5.91 Å². The van der Waals surface area contributed by atoms with Crippen molar-refractivity contribution in [3.63, 3.8) is 0 Å². The van der Waals surface area contributed by atoms with Crippen LogP contribution in [0.5, 0.6) is 0 Å². The van der Waals surface area contributed by atoms with Crippen molar-refractivity contribution in [2.24, 2.45) is 0 Å². The number of nitrogens with zero attached hydrogens (tertiary/aromatic N) is 1. The zero-order valence-corrected chi connectivity index (χ0v) is 11.3. The number of halogens is 2. The second kappa shape index (κ2) is 6.14. The molecule has 1 amide bonds. The van der Waals surface area contributed by atoms with E-state index in [1.807, 2.05) is 6.07 Å². The summed E-state index contributed by atoms with van der Waals surface area (Å²) in [5.74, 6) is -2.62. The lowest BCUT2D eigenvalue weighted by atomic mass is 10.1. The third-order valence-corrected chi connectivity index (χ3v) is 3.01. The molecule has 0 fully saturated rings. The maximum absolute atomic E-state index is 13.8. The van der Waals surface area contributed by atoms with E-state index < -0.39 is 23.1 Å². The second-order valence-corrected chi connectivity index (χ2v) is 4.54. The average Bonchev–Trinajstić information content (AvgIpc) is 2.46. The van der Waals surface area contributed by atoms with Gasteiger partial charge in [0.2, 0.25) is 0 Å². The minimum absolute atomic E-state index is 0.200. The molecule has 0 aliphatic rings. The summed E-state index contributed by atoms with van der Waals surface area (Å²) in [7, 11) is 0.